The van der Waals surface area contributed by atoms with E-state index in [9.17, 15) is 10.1 Å². The molecule has 0 unspecified atom stereocenters. The van der Waals surface area contributed by atoms with Crippen LogP contribution in [0.5, 0.6) is 5.75 Å². The van der Waals surface area contributed by atoms with Gasteiger partial charge in [0.2, 0.25) is 0 Å². The number of nitro groups is 1. The van der Waals surface area contributed by atoms with Crippen LogP contribution in [-0.4, -0.2) is 34.3 Å². The molecule has 1 aromatic rings. The molecule has 3 rings (SSSR count). The molecule has 1 saturated heterocycles. The SMILES string of the molecule is CC1(C)OB(c2ncc(OC3CC3)cc2[N+](=O)[O-])OC1(C)C. The Kier molecular flexibility index (Phi) is 3.41. The van der Waals surface area contributed by atoms with Crippen molar-refractivity contribution in [3.63, 3.8) is 0 Å². The predicted octanol–water partition coefficient (Wildman–Crippen LogP) is 1.83. The van der Waals surface area contributed by atoms with Gasteiger partial charge >= 0.3 is 7.12 Å². The largest absolute Gasteiger partial charge is 0.521 e. The maximum Gasteiger partial charge on any atom is 0.521 e. The molecule has 2 aliphatic rings. The number of hydrogen-bond acceptors (Lipinski definition) is 6. The van der Waals surface area contributed by atoms with Crippen molar-refractivity contribution in [2.45, 2.75) is 57.8 Å². The maximum absolute atomic E-state index is 11.4. The van der Waals surface area contributed by atoms with E-state index in [2.05, 4.69) is 4.98 Å². The summed E-state index contributed by atoms with van der Waals surface area (Å²) in [6.45, 7) is 7.57. The average molecular weight is 306 g/mol. The van der Waals surface area contributed by atoms with Crippen molar-refractivity contribution in [1.82, 2.24) is 4.98 Å². The molecule has 1 aromatic heterocycles. The first-order valence-electron chi connectivity index (χ1n) is 7.36. The van der Waals surface area contributed by atoms with E-state index in [1.165, 1.54) is 12.3 Å². The first kappa shape index (κ1) is 15.2. The van der Waals surface area contributed by atoms with Gasteiger partial charge in [0.25, 0.3) is 5.69 Å². The van der Waals surface area contributed by atoms with Gasteiger partial charge in [-0.2, -0.15) is 0 Å². The van der Waals surface area contributed by atoms with Crippen LogP contribution in [0.2, 0.25) is 0 Å². The number of pyridine rings is 1. The lowest BCUT2D eigenvalue weighted by atomic mass is 9.83. The molecule has 0 atom stereocenters. The van der Waals surface area contributed by atoms with Crippen molar-refractivity contribution in [1.29, 1.82) is 0 Å². The van der Waals surface area contributed by atoms with Gasteiger partial charge in [-0.15, -0.1) is 0 Å². The Balaban J connectivity index is 1.91. The molecule has 1 aliphatic carbocycles. The third-order valence-corrected chi connectivity index (χ3v) is 4.37. The Morgan fingerprint density at radius 2 is 1.91 bits per heavy atom. The minimum Gasteiger partial charge on any atom is -0.489 e. The average Bonchev–Trinajstić information content (AvgIpc) is 3.17. The Morgan fingerprint density at radius 3 is 2.41 bits per heavy atom. The van der Waals surface area contributed by atoms with Gasteiger partial charge in [-0.25, -0.2) is 0 Å². The molecule has 8 heteroatoms. The number of hydrogen-bond donors (Lipinski definition) is 0. The zero-order valence-corrected chi connectivity index (χ0v) is 13.2. The normalized spacial score (nSPS) is 22.6. The molecule has 1 aliphatic heterocycles. The van der Waals surface area contributed by atoms with Gasteiger partial charge in [0, 0.05) is 0 Å². The summed E-state index contributed by atoms with van der Waals surface area (Å²) in [5, 5.41) is 11.4. The Bertz CT molecular complexity index is 599. The van der Waals surface area contributed by atoms with Crippen LogP contribution >= 0.6 is 0 Å². The van der Waals surface area contributed by atoms with E-state index < -0.39 is 23.2 Å². The quantitative estimate of drug-likeness (QED) is 0.479. The summed E-state index contributed by atoms with van der Waals surface area (Å²) in [6, 6.07) is 1.39. The molecule has 7 nitrogen and oxygen atoms in total. The minimum absolute atomic E-state index is 0.142. The second-order valence-electron chi connectivity index (χ2n) is 6.74. The zero-order valence-electron chi connectivity index (χ0n) is 13.2. The van der Waals surface area contributed by atoms with E-state index in [1.54, 1.807) is 0 Å². The summed E-state index contributed by atoms with van der Waals surface area (Å²) in [5.74, 6) is 0.412. The lowest BCUT2D eigenvalue weighted by Crippen LogP contribution is -2.41. The van der Waals surface area contributed by atoms with Crippen LogP contribution in [0.4, 0.5) is 5.69 Å². The van der Waals surface area contributed by atoms with Gasteiger partial charge in [-0.05, 0) is 40.5 Å². The van der Waals surface area contributed by atoms with Gasteiger partial charge in [0.15, 0.2) is 0 Å². The molecular weight excluding hydrogens is 287 g/mol. The minimum atomic E-state index is -0.861. The summed E-state index contributed by atoms with van der Waals surface area (Å²) in [6.07, 6.45) is 3.61. The van der Waals surface area contributed by atoms with E-state index >= 15 is 0 Å². The fourth-order valence-electron chi connectivity index (χ4n) is 2.17. The van der Waals surface area contributed by atoms with E-state index in [1.807, 2.05) is 27.7 Å². The monoisotopic (exact) mass is 306 g/mol. The van der Waals surface area contributed by atoms with E-state index in [0.29, 0.717) is 5.75 Å². The maximum atomic E-state index is 11.4. The Hall–Kier alpha value is -1.67. The first-order chi connectivity index (χ1) is 10.2. The number of rotatable bonds is 4. The highest BCUT2D eigenvalue weighted by molar-refractivity contribution is 6.62. The van der Waals surface area contributed by atoms with Crippen LogP contribution in [-0.2, 0) is 9.31 Å². The standard InChI is InChI=1S/C14H19BN2O5/c1-13(2)14(3,4)22-15(21-13)12-11(17(18)19)7-10(8-16-12)20-9-5-6-9/h7-9H,5-6H2,1-4H3. The predicted molar refractivity (Wildman–Crippen MR) is 80.3 cm³/mol. The van der Waals surface area contributed by atoms with Crippen molar-refractivity contribution in [2.24, 2.45) is 0 Å². The van der Waals surface area contributed by atoms with E-state index in [0.717, 1.165) is 12.8 Å². The molecule has 0 aromatic carbocycles. The van der Waals surface area contributed by atoms with Crippen LogP contribution in [0, 0.1) is 10.1 Å². The molecule has 118 valence electrons. The van der Waals surface area contributed by atoms with Gasteiger partial charge in [0.05, 0.1) is 34.5 Å². The number of nitrogens with zero attached hydrogens (tertiary/aromatic N) is 2. The summed E-state index contributed by atoms with van der Waals surface area (Å²) in [5.41, 5.74) is -1.12. The fraction of sp³-hybridized carbons (Fsp3) is 0.643. The zero-order chi connectivity index (χ0) is 16.1. The van der Waals surface area contributed by atoms with Gasteiger partial charge in [-0.1, -0.05) is 0 Å². The molecule has 22 heavy (non-hydrogen) atoms. The Labute approximate surface area is 129 Å². The molecule has 1 saturated carbocycles. The van der Waals surface area contributed by atoms with Crippen LogP contribution < -0.4 is 10.3 Å². The van der Waals surface area contributed by atoms with Crippen molar-refractivity contribution in [2.75, 3.05) is 0 Å². The van der Waals surface area contributed by atoms with Gasteiger partial charge in [-0.3, -0.25) is 15.1 Å². The van der Waals surface area contributed by atoms with Crippen LogP contribution in [0.15, 0.2) is 12.3 Å². The molecule has 2 heterocycles. The summed E-state index contributed by atoms with van der Waals surface area (Å²) in [4.78, 5) is 15.1. The fourth-order valence-corrected chi connectivity index (χ4v) is 2.17. The first-order valence-corrected chi connectivity index (χ1v) is 7.36. The van der Waals surface area contributed by atoms with Gasteiger partial charge < -0.3 is 14.0 Å². The third-order valence-electron chi connectivity index (χ3n) is 4.37. The van der Waals surface area contributed by atoms with Crippen molar-refractivity contribution in [3.05, 3.63) is 22.4 Å². The summed E-state index contributed by atoms with van der Waals surface area (Å²) in [7, 11) is -0.861. The summed E-state index contributed by atoms with van der Waals surface area (Å²) < 4.78 is 17.3. The third kappa shape index (κ3) is 2.68. The molecule has 2 fully saturated rings. The number of ether oxygens (including phenoxy) is 1. The van der Waals surface area contributed by atoms with Crippen molar-refractivity contribution < 1.29 is 19.0 Å². The van der Waals surface area contributed by atoms with E-state index in [4.69, 9.17) is 14.0 Å². The molecule has 0 N–H and O–H groups in total. The topological polar surface area (TPSA) is 83.7 Å². The molecule has 0 spiro atoms. The second kappa shape index (κ2) is 4.92. The van der Waals surface area contributed by atoms with Crippen LogP contribution in [0.3, 0.4) is 0 Å². The highest BCUT2D eigenvalue weighted by Gasteiger charge is 2.54. The molecule has 0 amide bonds. The van der Waals surface area contributed by atoms with Crippen molar-refractivity contribution in [3.8, 4) is 5.75 Å². The highest BCUT2D eigenvalue weighted by atomic mass is 16.7. The highest BCUT2D eigenvalue weighted by Crippen LogP contribution is 2.37. The lowest BCUT2D eigenvalue weighted by molar-refractivity contribution is -0.384. The smallest absolute Gasteiger partial charge is 0.489 e. The number of aromatic nitrogens is 1. The summed E-state index contributed by atoms with van der Waals surface area (Å²) >= 11 is 0. The van der Waals surface area contributed by atoms with Crippen molar-refractivity contribution >= 4 is 18.4 Å². The molecular formula is C14H19BN2O5. The molecule has 0 bridgehead atoms. The van der Waals surface area contributed by atoms with Crippen LogP contribution in [0.25, 0.3) is 0 Å². The molecule has 0 radical (unpaired) electrons. The van der Waals surface area contributed by atoms with Crippen LogP contribution in [0.1, 0.15) is 40.5 Å². The van der Waals surface area contributed by atoms with Gasteiger partial charge in [0.1, 0.15) is 11.3 Å². The Morgan fingerprint density at radius 1 is 1.32 bits per heavy atom. The van der Waals surface area contributed by atoms with E-state index in [-0.39, 0.29) is 17.4 Å². The lowest BCUT2D eigenvalue weighted by Gasteiger charge is -2.32. The second-order valence-corrected chi connectivity index (χ2v) is 6.74.